The van der Waals surface area contributed by atoms with E-state index in [4.69, 9.17) is 5.10 Å². The predicted molar refractivity (Wildman–Crippen MR) is 123 cm³/mol. The number of carboxylic acids is 1. The summed E-state index contributed by atoms with van der Waals surface area (Å²) in [7, 11) is 2.06. The number of hydrogen-bond donors (Lipinski definition) is 1. The van der Waals surface area contributed by atoms with Gasteiger partial charge in [0.25, 0.3) is 0 Å². The van der Waals surface area contributed by atoms with Gasteiger partial charge in [-0.1, -0.05) is 30.3 Å². The highest BCUT2D eigenvalue weighted by atomic mass is 16.4. The Morgan fingerprint density at radius 1 is 1.13 bits per heavy atom. The van der Waals surface area contributed by atoms with E-state index in [1.165, 1.54) is 0 Å². The average Bonchev–Trinajstić information content (AvgIpc) is 3.40. The van der Waals surface area contributed by atoms with Gasteiger partial charge in [0.1, 0.15) is 0 Å². The molecule has 2 aromatic carbocycles. The smallest absolute Gasteiger partial charge is 0.336 e. The van der Waals surface area contributed by atoms with E-state index in [2.05, 4.69) is 48.1 Å². The first-order chi connectivity index (χ1) is 15.1. The molecular weight excluding hydrogens is 388 g/mol. The lowest BCUT2D eigenvalue weighted by Gasteiger charge is -2.21. The molecule has 0 saturated heterocycles. The number of nitrogens with zero attached hydrogens (tertiary/aromatic N) is 4. The topological polar surface area (TPSA) is 71.2 Å². The van der Waals surface area contributed by atoms with Crippen LogP contribution in [0.25, 0.3) is 22.6 Å². The largest absolute Gasteiger partial charge is 0.478 e. The van der Waals surface area contributed by atoms with Crippen molar-refractivity contribution in [1.82, 2.24) is 14.8 Å². The quantitative estimate of drug-likeness (QED) is 0.501. The molecule has 0 radical (unpaired) electrons. The van der Waals surface area contributed by atoms with Crippen molar-refractivity contribution in [2.45, 2.75) is 19.9 Å². The molecule has 0 amide bonds. The first kappa shape index (κ1) is 19.1. The SMILES string of the molecule is CCn1nc(C2=Cc3nccc(C(=O)O)c3C2)c2cccc(N(C)c3ccccc3)c21. The predicted octanol–water partition coefficient (Wildman–Crippen LogP) is 5.01. The third kappa shape index (κ3) is 3.08. The van der Waals surface area contributed by atoms with Crippen LogP contribution in [0, 0.1) is 0 Å². The molecule has 0 saturated carbocycles. The molecule has 4 aromatic rings. The second kappa shape index (κ2) is 7.40. The molecule has 1 aliphatic rings. The van der Waals surface area contributed by atoms with Gasteiger partial charge in [-0.25, -0.2) is 4.79 Å². The summed E-state index contributed by atoms with van der Waals surface area (Å²) >= 11 is 0. The lowest BCUT2D eigenvalue weighted by atomic mass is 10.0. The highest BCUT2D eigenvalue weighted by Gasteiger charge is 2.25. The van der Waals surface area contributed by atoms with Crippen LogP contribution < -0.4 is 4.90 Å². The van der Waals surface area contributed by atoms with Crippen molar-refractivity contribution < 1.29 is 9.90 Å². The Labute approximate surface area is 180 Å². The van der Waals surface area contributed by atoms with Crippen molar-refractivity contribution in [2.75, 3.05) is 11.9 Å². The lowest BCUT2D eigenvalue weighted by Crippen LogP contribution is -2.11. The minimum atomic E-state index is -0.927. The molecule has 5 rings (SSSR count). The second-order valence-corrected chi connectivity index (χ2v) is 7.61. The van der Waals surface area contributed by atoms with Crippen LogP contribution in [0.5, 0.6) is 0 Å². The summed E-state index contributed by atoms with van der Waals surface area (Å²) in [6.07, 6.45) is 4.04. The number of carboxylic acid groups (broad SMARTS) is 1. The lowest BCUT2D eigenvalue weighted by molar-refractivity contribution is 0.0695. The summed E-state index contributed by atoms with van der Waals surface area (Å²) in [6, 6.07) is 18.0. The van der Waals surface area contributed by atoms with Crippen LogP contribution in [-0.2, 0) is 13.0 Å². The van der Waals surface area contributed by atoms with Gasteiger partial charge in [0, 0.05) is 37.3 Å². The molecule has 2 heterocycles. The monoisotopic (exact) mass is 410 g/mol. The van der Waals surface area contributed by atoms with Crippen LogP contribution in [0.3, 0.4) is 0 Å². The van der Waals surface area contributed by atoms with Crippen LogP contribution in [0.2, 0.25) is 0 Å². The third-order valence-electron chi connectivity index (χ3n) is 5.85. The molecule has 0 spiro atoms. The van der Waals surface area contributed by atoms with Gasteiger partial charge >= 0.3 is 5.97 Å². The Morgan fingerprint density at radius 2 is 1.94 bits per heavy atom. The van der Waals surface area contributed by atoms with E-state index in [-0.39, 0.29) is 0 Å². The standard InChI is InChI=1S/C25H22N4O2/c1-3-29-24-19(10-7-11-22(24)28(2)17-8-5-4-6-9-17)23(27-29)16-14-20-18(25(30)31)12-13-26-21(20)15-16/h4-13,15H,3,14H2,1-2H3,(H,30,31). The Bertz CT molecular complexity index is 1340. The first-order valence-electron chi connectivity index (χ1n) is 10.3. The van der Waals surface area contributed by atoms with Crippen molar-refractivity contribution in [1.29, 1.82) is 0 Å². The molecular formula is C25H22N4O2. The Morgan fingerprint density at radius 3 is 2.68 bits per heavy atom. The summed E-state index contributed by atoms with van der Waals surface area (Å²) in [5.74, 6) is -0.927. The zero-order valence-corrected chi connectivity index (χ0v) is 17.4. The zero-order chi connectivity index (χ0) is 21.5. The molecule has 1 aliphatic carbocycles. The van der Waals surface area contributed by atoms with Gasteiger partial charge in [0.05, 0.1) is 28.2 Å². The van der Waals surface area contributed by atoms with Gasteiger partial charge in [-0.05, 0) is 48.4 Å². The Hall–Kier alpha value is -3.93. The minimum Gasteiger partial charge on any atom is -0.478 e. The maximum absolute atomic E-state index is 11.6. The minimum absolute atomic E-state index is 0.306. The average molecular weight is 410 g/mol. The number of para-hydroxylation sites is 2. The molecule has 1 N–H and O–H groups in total. The summed E-state index contributed by atoms with van der Waals surface area (Å²) in [4.78, 5) is 18.2. The molecule has 0 atom stereocenters. The van der Waals surface area contributed by atoms with Gasteiger partial charge < -0.3 is 10.0 Å². The number of pyridine rings is 1. The molecule has 0 bridgehead atoms. The van der Waals surface area contributed by atoms with Crippen molar-refractivity contribution in [3.63, 3.8) is 0 Å². The highest BCUT2D eigenvalue weighted by Crippen LogP contribution is 2.38. The molecule has 0 unspecified atom stereocenters. The molecule has 154 valence electrons. The molecule has 0 fully saturated rings. The molecule has 0 aliphatic heterocycles. The van der Waals surface area contributed by atoms with Crippen molar-refractivity contribution in [3.8, 4) is 0 Å². The van der Waals surface area contributed by atoms with Gasteiger partial charge in [-0.15, -0.1) is 0 Å². The zero-order valence-electron chi connectivity index (χ0n) is 17.4. The summed E-state index contributed by atoms with van der Waals surface area (Å²) in [5, 5.41) is 15.5. The van der Waals surface area contributed by atoms with Crippen molar-refractivity contribution >= 4 is 39.9 Å². The summed E-state index contributed by atoms with van der Waals surface area (Å²) in [6.45, 7) is 2.81. The van der Waals surface area contributed by atoms with Crippen LogP contribution in [0.15, 0.2) is 60.8 Å². The van der Waals surface area contributed by atoms with Crippen LogP contribution >= 0.6 is 0 Å². The van der Waals surface area contributed by atoms with Crippen molar-refractivity contribution in [3.05, 3.63) is 83.3 Å². The number of benzene rings is 2. The van der Waals surface area contributed by atoms with E-state index in [1.807, 2.05) is 35.0 Å². The van der Waals surface area contributed by atoms with Crippen molar-refractivity contribution in [2.24, 2.45) is 0 Å². The van der Waals surface area contributed by atoms with E-state index in [0.717, 1.165) is 45.7 Å². The van der Waals surface area contributed by atoms with E-state index in [0.29, 0.717) is 17.7 Å². The highest BCUT2D eigenvalue weighted by molar-refractivity contribution is 6.04. The van der Waals surface area contributed by atoms with Crippen LogP contribution in [0.4, 0.5) is 11.4 Å². The number of aromatic carboxylic acids is 1. The second-order valence-electron chi connectivity index (χ2n) is 7.61. The van der Waals surface area contributed by atoms with Gasteiger partial charge in [-0.2, -0.15) is 5.10 Å². The number of fused-ring (bicyclic) bond motifs is 2. The van der Waals surface area contributed by atoms with E-state index >= 15 is 0 Å². The van der Waals surface area contributed by atoms with Gasteiger partial charge in [0.15, 0.2) is 0 Å². The Kier molecular flexibility index (Phi) is 4.55. The number of hydrogen-bond acceptors (Lipinski definition) is 4. The molecule has 6 heteroatoms. The molecule has 2 aromatic heterocycles. The third-order valence-corrected chi connectivity index (χ3v) is 5.85. The Balaban J connectivity index is 1.64. The van der Waals surface area contributed by atoms with Crippen LogP contribution in [0.1, 0.15) is 34.2 Å². The van der Waals surface area contributed by atoms with Gasteiger partial charge in [-0.3, -0.25) is 9.67 Å². The first-order valence-corrected chi connectivity index (χ1v) is 10.3. The summed E-state index contributed by atoms with van der Waals surface area (Å²) in [5.41, 5.74) is 6.89. The number of aromatic nitrogens is 3. The maximum Gasteiger partial charge on any atom is 0.336 e. The summed E-state index contributed by atoms with van der Waals surface area (Å²) < 4.78 is 2.02. The number of allylic oxidation sites excluding steroid dienone is 1. The molecule has 6 nitrogen and oxygen atoms in total. The van der Waals surface area contributed by atoms with Gasteiger partial charge in [0.2, 0.25) is 0 Å². The fourth-order valence-corrected chi connectivity index (χ4v) is 4.32. The fourth-order valence-electron chi connectivity index (χ4n) is 4.32. The number of aryl methyl sites for hydroxylation is 1. The molecule has 31 heavy (non-hydrogen) atoms. The fraction of sp³-hybridized carbons (Fsp3) is 0.160. The van der Waals surface area contributed by atoms with E-state index < -0.39 is 5.97 Å². The van der Waals surface area contributed by atoms with E-state index in [9.17, 15) is 9.90 Å². The number of rotatable bonds is 5. The van der Waals surface area contributed by atoms with E-state index in [1.54, 1.807) is 12.3 Å². The maximum atomic E-state index is 11.6. The number of anilines is 2. The normalized spacial score (nSPS) is 12.6. The van der Waals surface area contributed by atoms with Crippen LogP contribution in [-0.4, -0.2) is 32.9 Å². The number of carbonyl (C=O) groups is 1.